The molecule has 1 fully saturated rings. The predicted octanol–water partition coefficient (Wildman–Crippen LogP) is 4.42. The number of pyridine rings is 1. The van der Waals surface area contributed by atoms with E-state index in [2.05, 4.69) is 0 Å². The molecule has 0 atom stereocenters. The Balaban J connectivity index is 1.92. The van der Waals surface area contributed by atoms with Crippen LogP contribution in [-0.4, -0.2) is 14.1 Å². The largest absolute Gasteiger partial charge is 0.328 e. The third-order valence-electron chi connectivity index (χ3n) is 6.20. The van der Waals surface area contributed by atoms with Gasteiger partial charge in [-0.3, -0.25) is 14.2 Å². The number of hydrogen-bond acceptors (Lipinski definition) is 3. The minimum atomic E-state index is -0.390. The summed E-state index contributed by atoms with van der Waals surface area (Å²) in [5, 5.41) is 0.558. The second kappa shape index (κ2) is 7.20. The molecule has 0 N–H and O–H groups in total. The fraction of sp³-hybridized carbons (Fsp3) is 0.292. The van der Waals surface area contributed by atoms with Crippen molar-refractivity contribution in [2.24, 2.45) is 7.05 Å². The maximum Gasteiger partial charge on any atom is 0.271 e. The van der Waals surface area contributed by atoms with Gasteiger partial charge >= 0.3 is 0 Å². The van der Waals surface area contributed by atoms with Crippen LogP contribution in [0.5, 0.6) is 0 Å². The van der Waals surface area contributed by atoms with E-state index in [9.17, 15) is 14.0 Å². The number of rotatable bonds is 2. The summed E-state index contributed by atoms with van der Waals surface area (Å²) >= 11 is 0. The van der Waals surface area contributed by atoms with Crippen molar-refractivity contribution in [1.82, 2.24) is 14.1 Å². The summed E-state index contributed by atoms with van der Waals surface area (Å²) in [6, 6.07) is 13.1. The lowest BCUT2D eigenvalue weighted by Crippen LogP contribution is -2.31. The summed E-state index contributed by atoms with van der Waals surface area (Å²) in [7, 11) is 1.84. The first-order valence-electron chi connectivity index (χ1n) is 10.4. The van der Waals surface area contributed by atoms with E-state index in [0.717, 1.165) is 31.2 Å². The van der Waals surface area contributed by atoms with E-state index in [-0.39, 0.29) is 22.6 Å². The Bertz CT molecular complexity index is 1380. The fourth-order valence-corrected chi connectivity index (χ4v) is 4.65. The average Bonchev–Trinajstić information content (AvgIpc) is 2.78. The molecule has 152 valence electrons. The van der Waals surface area contributed by atoms with Gasteiger partial charge in [0.05, 0.1) is 11.2 Å². The molecule has 0 bridgehead atoms. The molecule has 0 aliphatic heterocycles. The zero-order valence-corrected chi connectivity index (χ0v) is 16.8. The molecule has 0 spiro atoms. The van der Waals surface area contributed by atoms with Crippen LogP contribution >= 0.6 is 0 Å². The standard InChI is InChI=1S/C24H22FN3O2/c1-27-19-10-6-5-9-18(19)21(29)20-23(27)26-22(15-7-3-2-4-8-15)28(24(20)30)17-13-11-16(25)12-14-17/h5-6,9-15H,2-4,7-8H2,1H3. The number of hydrogen-bond donors (Lipinski definition) is 0. The molecule has 1 aliphatic rings. The first-order valence-corrected chi connectivity index (χ1v) is 10.4. The van der Waals surface area contributed by atoms with Crippen LogP contribution in [0.4, 0.5) is 4.39 Å². The van der Waals surface area contributed by atoms with Crippen LogP contribution in [0.25, 0.3) is 27.6 Å². The van der Waals surface area contributed by atoms with Gasteiger partial charge in [-0.05, 0) is 49.2 Å². The number of para-hydroxylation sites is 1. The van der Waals surface area contributed by atoms with E-state index < -0.39 is 5.56 Å². The van der Waals surface area contributed by atoms with Crippen molar-refractivity contribution in [2.75, 3.05) is 0 Å². The molecule has 0 radical (unpaired) electrons. The highest BCUT2D eigenvalue weighted by Gasteiger charge is 2.25. The highest BCUT2D eigenvalue weighted by atomic mass is 19.1. The van der Waals surface area contributed by atoms with E-state index in [1.807, 2.05) is 23.7 Å². The monoisotopic (exact) mass is 403 g/mol. The van der Waals surface area contributed by atoms with E-state index in [4.69, 9.17) is 4.98 Å². The maximum atomic E-state index is 13.7. The fourth-order valence-electron chi connectivity index (χ4n) is 4.65. The van der Waals surface area contributed by atoms with Crippen molar-refractivity contribution >= 4 is 21.9 Å². The van der Waals surface area contributed by atoms with Crippen LogP contribution in [0, 0.1) is 5.82 Å². The molecule has 0 amide bonds. The van der Waals surface area contributed by atoms with Crippen molar-refractivity contribution in [3.05, 3.63) is 80.7 Å². The van der Waals surface area contributed by atoms with Crippen LogP contribution in [-0.2, 0) is 7.05 Å². The first kappa shape index (κ1) is 18.7. The summed E-state index contributed by atoms with van der Waals surface area (Å²) in [6.07, 6.45) is 5.23. The maximum absolute atomic E-state index is 13.7. The number of aryl methyl sites for hydroxylation is 1. The quantitative estimate of drug-likeness (QED) is 0.466. The normalized spacial score (nSPS) is 15.1. The highest BCUT2D eigenvalue weighted by Crippen LogP contribution is 2.32. The van der Waals surface area contributed by atoms with Crippen LogP contribution in [0.15, 0.2) is 58.1 Å². The minimum Gasteiger partial charge on any atom is -0.328 e. The van der Waals surface area contributed by atoms with E-state index in [1.165, 1.54) is 23.1 Å². The summed E-state index contributed by atoms with van der Waals surface area (Å²) in [5.74, 6) is 0.410. The Labute approximate surface area is 172 Å². The van der Waals surface area contributed by atoms with Crippen LogP contribution in [0.1, 0.15) is 43.8 Å². The number of aromatic nitrogens is 3. The van der Waals surface area contributed by atoms with E-state index >= 15 is 0 Å². The highest BCUT2D eigenvalue weighted by molar-refractivity contribution is 5.91. The zero-order chi connectivity index (χ0) is 20.8. The first-order chi connectivity index (χ1) is 14.6. The Kier molecular flexibility index (Phi) is 4.50. The lowest BCUT2D eigenvalue weighted by Gasteiger charge is -2.25. The topological polar surface area (TPSA) is 56.9 Å². The second-order valence-electron chi connectivity index (χ2n) is 8.03. The number of nitrogens with zero attached hydrogens (tertiary/aromatic N) is 3. The van der Waals surface area contributed by atoms with Crippen LogP contribution in [0.2, 0.25) is 0 Å². The van der Waals surface area contributed by atoms with Gasteiger partial charge in [-0.2, -0.15) is 0 Å². The smallest absolute Gasteiger partial charge is 0.271 e. The molecule has 1 saturated carbocycles. The van der Waals surface area contributed by atoms with Crippen molar-refractivity contribution in [3.63, 3.8) is 0 Å². The number of benzene rings is 2. The predicted molar refractivity (Wildman–Crippen MR) is 116 cm³/mol. The van der Waals surface area contributed by atoms with Gasteiger partial charge in [0, 0.05) is 18.4 Å². The SMILES string of the molecule is Cn1c2ccccc2c(=O)c2c(=O)n(-c3ccc(F)cc3)c(C3CCCCC3)nc21. The zero-order valence-electron chi connectivity index (χ0n) is 16.8. The minimum absolute atomic E-state index is 0.0695. The summed E-state index contributed by atoms with van der Waals surface area (Å²) in [4.78, 5) is 31.9. The summed E-state index contributed by atoms with van der Waals surface area (Å²) < 4.78 is 16.9. The average molecular weight is 403 g/mol. The van der Waals surface area contributed by atoms with Crippen molar-refractivity contribution < 1.29 is 4.39 Å². The summed E-state index contributed by atoms with van der Waals surface area (Å²) in [5.41, 5.74) is 0.978. The molecular formula is C24H22FN3O2. The molecule has 0 unspecified atom stereocenters. The van der Waals surface area contributed by atoms with Gasteiger partial charge in [0.15, 0.2) is 5.65 Å². The Morgan fingerprint density at radius 1 is 0.967 bits per heavy atom. The Hall–Kier alpha value is -3.28. The van der Waals surface area contributed by atoms with Crippen LogP contribution < -0.4 is 11.0 Å². The third-order valence-corrected chi connectivity index (χ3v) is 6.20. The molecule has 4 aromatic rings. The van der Waals surface area contributed by atoms with Gasteiger partial charge < -0.3 is 4.57 Å². The van der Waals surface area contributed by atoms with Crippen molar-refractivity contribution in [1.29, 1.82) is 0 Å². The summed E-state index contributed by atoms with van der Waals surface area (Å²) in [6.45, 7) is 0. The molecular weight excluding hydrogens is 381 g/mol. The van der Waals surface area contributed by atoms with Gasteiger partial charge in [0.2, 0.25) is 5.43 Å². The lowest BCUT2D eigenvalue weighted by atomic mass is 9.88. The van der Waals surface area contributed by atoms with Crippen molar-refractivity contribution in [3.8, 4) is 5.69 Å². The molecule has 2 aromatic carbocycles. The van der Waals surface area contributed by atoms with Gasteiger partial charge in [0.1, 0.15) is 17.0 Å². The molecule has 2 heterocycles. The van der Waals surface area contributed by atoms with Gasteiger partial charge in [-0.25, -0.2) is 9.37 Å². The number of fused-ring (bicyclic) bond motifs is 2. The third kappa shape index (κ3) is 2.86. The molecule has 30 heavy (non-hydrogen) atoms. The van der Waals surface area contributed by atoms with E-state index in [0.29, 0.717) is 22.5 Å². The Morgan fingerprint density at radius 2 is 1.67 bits per heavy atom. The van der Waals surface area contributed by atoms with Gasteiger partial charge in [-0.1, -0.05) is 31.4 Å². The second-order valence-corrected chi connectivity index (χ2v) is 8.03. The van der Waals surface area contributed by atoms with Gasteiger partial charge in [0.25, 0.3) is 5.56 Å². The van der Waals surface area contributed by atoms with Crippen molar-refractivity contribution in [2.45, 2.75) is 38.0 Å². The lowest BCUT2D eigenvalue weighted by molar-refractivity contribution is 0.422. The molecule has 6 heteroatoms. The Morgan fingerprint density at radius 3 is 2.40 bits per heavy atom. The van der Waals surface area contributed by atoms with Crippen LogP contribution in [0.3, 0.4) is 0 Å². The van der Waals surface area contributed by atoms with Gasteiger partial charge in [-0.15, -0.1) is 0 Å². The molecule has 0 saturated heterocycles. The van der Waals surface area contributed by atoms with E-state index in [1.54, 1.807) is 24.3 Å². The molecule has 5 rings (SSSR count). The number of halogens is 1. The molecule has 1 aliphatic carbocycles. The molecule has 5 nitrogen and oxygen atoms in total. The molecule has 2 aromatic heterocycles.